The second-order valence-corrected chi connectivity index (χ2v) is 4.47. The number of rotatable bonds is 5. The summed E-state index contributed by atoms with van der Waals surface area (Å²) in [7, 11) is 0. The number of amides is 1. The number of likely N-dealkylation sites (tertiary alicyclic amines) is 1. The smallest absolute Gasteiger partial charge is 0.226 e. The van der Waals surface area contributed by atoms with Gasteiger partial charge in [-0.25, -0.2) is 0 Å². The normalized spacial score (nSPS) is 25.9. The quantitative estimate of drug-likeness (QED) is 0.670. The molecule has 1 saturated heterocycles. The molecule has 0 aromatic rings. The molecular weight excluding hydrogens is 192 g/mol. The van der Waals surface area contributed by atoms with Crippen LogP contribution >= 0.6 is 0 Å². The van der Waals surface area contributed by atoms with Crippen LogP contribution < -0.4 is 5.73 Å². The molecule has 4 heteroatoms. The van der Waals surface area contributed by atoms with E-state index >= 15 is 0 Å². The molecule has 86 valence electrons. The van der Waals surface area contributed by atoms with E-state index in [1.165, 1.54) is 0 Å². The Bertz CT molecular complexity index is 229. The van der Waals surface area contributed by atoms with Crippen LogP contribution in [0.3, 0.4) is 0 Å². The van der Waals surface area contributed by atoms with E-state index in [1.54, 1.807) is 0 Å². The van der Waals surface area contributed by atoms with Crippen molar-refractivity contribution in [1.82, 2.24) is 4.90 Å². The van der Waals surface area contributed by atoms with Crippen LogP contribution in [0.15, 0.2) is 0 Å². The lowest BCUT2D eigenvalue weighted by atomic mass is 10.2. The highest BCUT2D eigenvalue weighted by Gasteiger charge is 2.38. The molecule has 15 heavy (non-hydrogen) atoms. The van der Waals surface area contributed by atoms with Crippen molar-refractivity contribution in [3.05, 3.63) is 0 Å². The zero-order valence-corrected chi connectivity index (χ0v) is 9.15. The number of carbonyl (C=O) groups excluding carboxylic acids is 1. The van der Waals surface area contributed by atoms with Crippen LogP contribution in [-0.4, -0.2) is 43.2 Å². The van der Waals surface area contributed by atoms with Crippen molar-refractivity contribution < 1.29 is 9.53 Å². The average molecular weight is 212 g/mol. The number of nitrogens with two attached hydrogens (primary N) is 1. The Hall–Kier alpha value is -0.610. The molecule has 2 rings (SSSR count). The summed E-state index contributed by atoms with van der Waals surface area (Å²) < 4.78 is 5.43. The van der Waals surface area contributed by atoms with Gasteiger partial charge in [-0.2, -0.15) is 0 Å². The van der Waals surface area contributed by atoms with Gasteiger partial charge in [0.1, 0.15) is 0 Å². The summed E-state index contributed by atoms with van der Waals surface area (Å²) in [5.74, 6) is 0.689. The molecule has 0 aromatic carbocycles. The second kappa shape index (κ2) is 4.94. The first-order valence-corrected chi connectivity index (χ1v) is 5.91. The fourth-order valence-electron chi connectivity index (χ4n) is 2.17. The van der Waals surface area contributed by atoms with Crippen LogP contribution in [-0.2, 0) is 9.53 Å². The maximum absolute atomic E-state index is 11.9. The maximum atomic E-state index is 11.9. The zero-order valence-electron chi connectivity index (χ0n) is 9.15. The van der Waals surface area contributed by atoms with Gasteiger partial charge < -0.3 is 15.4 Å². The Morgan fingerprint density at radius 3 is 2.87 bits per heavy atom. The van der Waals surface area contributed by atoms with Crippen molar-refractivity contribution in [3.63, 3.8) is 0 Å². The van der Waals surface area contributed by atoms with Crippen molar-refractivity contribution in [2.24, 2.45) is 11.7 Å². The number of ether oxygens (including phenoxy) is 1. The van der Waals surface area contributed by atoms with Gasteiger partial charge in [-0.3, -0.25) is 4.79 Å². The molecule has 2 N–H and O–H groups in total. The van der Waals surface area contributed by atoms with Gasteiger partial charge in [-0.05, 0) is 25.7 Å². The third-order valence-corrected chi connectivity index (χ3v) is 3.16. The topological polar surface area (TPSA) is 55.6 Å². The Labute approximate surface area is 90.8 Å². The summed E-state index contributed by atoms with van der Waals surface area (Å²) in [6.07, 6.45) is 4.38. The van der Waals surface area contributed by atoms with Gasteiger partial charge in [0.05, 0.1) is 19.3 Å². The van der Waals surface area contributed by atoms with Crippen LogP contribution in [0.4, 0.5) is 0 Å². The number of carbonyl (C=O) groups is 1. The van der Waals surface area contributed by atoms with Gasteiger partial charge in [0.2, 0.25) is 5.91 Å². The van der Waals surface area contributed by atoms with Gasteiger partial charge in [0.15, 0.2) is 0 Å². The van der Waals surface area contributed by atoms with Gasteiger partial charge in [-0.1, -0.05) is 0 Å². The van der Waals surface area contributed by atoms with E-state index in [1.807, 2.05) is 4.90 Å². The highest BCUT2D eigenvalue weighted by molar-refractivity contribution is 5.81. The SMILES string of the molecule is NCCOCC1CCCN1C(=O)C1CC1. The summed E-state index contributed by atoms with van der Waals surface area (Å²) in [4.78, 5) is 13.9. The summed E-state index contributed by atoms with van der Waals surface area (Å²) in [6.45, 7) is 2.74. The van der Waals surface area contributed by atoms with E-state index in [0.717, 1.165) is 32.2 Å². The first-order valence-electron chi connectivity index (χ1n) is 5.91. The molecule has 1 heterocycles. The fraction of sp³-hybridized carbons (Fsp3) is 0.909. The predicted octanol–water partition coefficient (Wildman–Crippen LogP) is 0.363. The van der Waals surface area contributed by atoms with Gasteiger partial charge >= 0.3 is 0 Å². The van der Waals surface area contributed by atoms with E-state index in [9.17, 15) is 4.79 Å². The van der Waals surface area contributed by atoms with Gasteiger partial charge in [0, 0.05) is 19.0 Å². The first-order chi connectivity index (χ1) is 7.33. The standard InChI is InChI=1S/C11H20N2O2/c12-5-7-15-8-10-2-1-6-13(10)11(14)9-3-4-9/h9-10H,1-8,12H2. The molecule has 0 spiro atoms. The zero-order chi connectivity index (χ0) is 10.7. The predicted molar refractivity (Wildman–Crippen MR) is 57.3 cm³/mol. The molecule has 1 saturated carbocycles. The van der Waals surface area contributed by atoms with E-state index in [2.05, 4.69) is 0 Å². The lowest BCUT2D eigenvalue weighted by Gasteiger charge is -2.24. The maximum Gasteiger partial charge on any atom is 0.226 e. The minimum atomic E-state index is 0.310. The highest BCUT2D eigenvalue weighted by atomic mass is 16.5. The summed E-state index contributed by atoms with van der Waals surface area (Å²) in [5.41, 5.74) is 5.36. The monoisotopic (exact) mass is 212 g/mol. The van der Waals surface area contributed by atoms with Gasteiger partial charge in [0.25, 0.3) is 0 Å². The third-order valence-electron chi connectivity index (χ3n) is 3.16. The van der Waals surface area contributed by atoms with Crippen LogP contribution in [0.25, 0.3) is 0 Å². The average Bonchev–Trinajstić information content (AvgIpc) is 2.98. The summed E-state index contributed by atoms with van der Waals surface area (Å²) in [6, 6.07) is 0.310. The molecule has 0 bridgehead atoms. The Morgan fingerprint density at radius 2 is 2.20 bits per heavy atom. The molecule has 1 aliphatic heterocycles. The van der Waals surface area contributed by atoms with Crippen LogP contribution in [0.2, 0.25) is 0 Å². The Morgan fingerprint density at radius 1 is 1.40 bits per heavy atom. The minimum Gasteiger partial charge on any atom is -0.378 e. The summed E-state index contributed by atoms with van der Waals surface area (Å²) >= 11 is 0. The molecule has 4 nitrogen and oxygen atoms in total. The number of hydrogen-bond acceptors (Lipinski definition) is 3. The van der Waals surface area contributed by atoms with Crippen molar-refractivity contribution in [2.75, 3.05) is 26.3 Å². The van der Waals surface area contributed by atoms with Gasteiger partial charge in [-0.15, -0.1) is 0 Å². The molecule has 2 fully saturated rings. The minimum absolute atomic E-state index is 0.310. The van der Waals surface area contributed by atoms with E-state index in [-0.39, 0.29) is 0 Å². The van der Waals surface area contributed by atoms with Crippen molar-refractivity contribution >= 4 is 5.91 Å². The molecule has 1 unspecified atom stereocenters. The van der Waals surface area contributed by atoms with E-state index in [0.29, 0.717) is 37.6 Å². The third kappa shape index (κ3) is 2.69. The molecule has 2 aliphatic rings. The second-order valence-electron chi connectivity index (χ2n) is 4.47. The largest absolute Gasteiger partial charge is 0.378 e. The van der Waals surface area contributed by atoms with Crippen LogP contribution in [0.1, 0.15) is 25.7 Å². The van der Waals surface area contributed by atoms with Crippen molar-refractivity contribution in [2.45, 2.75) is 31.7 Å². The van der Waals surface area contributed by atoms with E-state index in [4.69, 9.17) is 10.5 Å². The fourth-order valence-corrected chi connectivity index (χ4v) is 2.17. The molecule has 1 amide bonds. The number of nitrogens with zero attached hydrogens (tertiary/aromatic N) is 1. The highest BCUT2D eigenvalue weighted by Crippen LogP contribution is 2.33. The molecular formula is C11H20N2O2. The molecule has 1 aliphatic carbocycles. The Kier molecular flexibility index (Phi) is 3.59. The molecule has 0 aromatic heterocycles. The van der Waals surface area contributed by atoms with E-state index < -0.39 is 0 Å². The Balaban J connectivity index is 1.78. The lowest BCUT2D eigenvalue weighted by Crippen LogP contribution is -2.39. The van der Waals surface area contributed by atoms with Crippen LogP contribution in [0.5, 0.6) is 0 Å². The molecule has 1 atom stereocenters. The van der Waals surface area contributed by atoms with Crippen LogP contribution in [0, 0.1) is 5.92 Å². The number of hydrogen-bond donors (Lipinski definition) is 1. The summed E-state index contributed by atoms with van der Waals surface area (Å²) in [5, 5.41) is 0. The lowest BCUT2D eigenvalue weighted by molar-refractivity contribution is -0.134. The first kappa shape index (κ1) is 10.9. The molecule has 0 radical (unpaired) electrons. The van der Waals surface area contributed by atoms with Crippen molar-refractivity contribution in [1.29, 1.82) is 0 Å². The van der Waals surface area contributed by atoms with Crippen molar-refractivity contribution in [3.8, 4) is 0 Å².